The summed E-state index contributed by atoms with van der Waals surface area (Å²) >= 11 is 0. The third-order valence-corrected chi connectivity index (χ3v) is 4.12. The molecule has 0 amide bonds. The van der Waals surface area contributed by atoms with Crippen LogP contribution in [0, 0.1) is 11.8 Å². The van der Waals surface area contributed by atoms with Gasteiger partial charge in [-0.1, -0.05) is 44.9 Å². The molecule has 0 heterocycles. The largest absolute Gasteiger partial charge is 0.496 e. The number of para-hydroxylation sites is 1. The second kappa shape index (κ2) is 8.43. The Hall–Kier alpha value is -1.02. The maximum Gasteiger partial charge on any atom is 0.122 e. The second-order valence-electron chi connectivity index (χ2n) is 7.17. The Morgan fingerprint density at radius 3 is 2.43 bits per heavy atom. The molecule has 0 aromatic heterocycles. The van der Waals surface area contributed by atoms with Crippen LogP contribution in [-0.4, -0.2) is 19.2 Å². The van der Waals surface area contributed by atoms with E-state index in [-0.39, 0.29) is 5.54 Å². The number of ether oxygens (including phenoxy) is 1. The summed E-state index contributed by atoms with van der Waals surface area (Å²) in [6.45, 7) is 12.4. The molecule has 2 unspecified atom stereocenters. The predicted molar refractivity (Wildman–Crippen MR) is 92.0 cm³/mol. The normalized spacial score (nSPS) is 14.8. The molecule has 0 saturated heterocycles. The third-order valence-electron chi connectivity index (χ3n) is 4.12. The number of benzene rings is 1. The van der Waals surface area contributed by atoms with Gasteiger partial charge in [0.2, 0.25) is 0 Å². The Kier molecular flexibility index (Phi) is 7.24. The Labute approximate surface area is 131 Å². The van der Waals surface area contributed by atoms with Gasteiger partial charge in [-0.2, -0.15) is 0 Å². The first-order valence-electron chi connectivity index (χ1n) is 8.24. The topological polar surface area (TPSA) is 21.3 Å². The van der Waals surface area contributed by atoms with Crippen molar-refractivity contribution in [2.45, 2.75) is 59.4 Å². The van der Waals surface area contributed by atoms with Crippen LogP contribution in [-0.2, 0) is 6.42 Å². The van der Waals surface area contributed by atoms with Crippen molar-refractivity contribution in [1.82, 2.24) is 5.32 Å². The van der Waals surface area contributed by atoms with Crippen LogP contribution in [0.2, 0.25) is 0 Å². The second-order valence-corrected chi connectivity index (χ2v) is 7.17. The molecule has 0 bridgehead atoms. The molecule has 0 saturated carbocycles. The van der Waals surface area contributed by atoms with E-state index < -0.39 is 0 Å². The zero-order valence-electron chi connectivity index (χ0n) is 14.7. The first-order valence-corrected chi connectivity index (χ1v) is 8.24. The van der Waals surface area contributed by atoms with Crippen molar-refractivity contribution in [1.29, 1.82) is 0 Å². The summed E-state index contributed by atoms with van der Waals surface area (Å²) in [6.07, 6.45) is 3.61. The maximum atomic E-state index is 5.51. The van der Waals surface area contributed by atoms with Crippen molar-refractivity contribution < 1.29 is 4.74 Å². The first-order chi connectivity index (χ1) is 9.87. The minimum Gasteiger partial charge on any atom is -0.496 e. The van der Waals surface area contributed by atoms with Crippen molar-refractivity contribution in [2.24, 2.45) is 11.8 Å². The zero-order chi connectivity index (χ0) is 15.9. The van der Waals surface area contributed by atoms with Crippen molar-refractivity contribution in [3.05, 3.63) is 29.8 Å². The van der Waals surface area contributed by atoms with Crippen LogP contribution in [0.3, 0.4) is 0 Å². The van der Waals surface area contributed by atoms with Crippen molar-refractivity contribution in [3.8, 4) is 5.75 Å². The van der Waals surface area contributed by atoms with Gasteiger partial charge in [0.15, 0.2) is 0 Å². The van der Waals surface area contributed by atoms with Gasteiger partial charge in [0.1, 0.15) is 5.75 Å². The van der Waals surface area contributed by atoms with E-state index in [1.54, 1.807) is 7.11 Å². The van der Waals surface area contributed by atoms with Gasteiger partial charge in [-0.05, 0) is 57.2 Å². The third kappa shape index (κ3) is 6.52. The van der Waals surface area contributed by atoms with E-state index in [2.05, 4.69) is 58.1 Å². The molecule has 120 valence electrons. The van der Waals surface area contributed by atoms with Gasteiger partial charge in [-0.3, -0.25) is 0 Å². The summed E-state index contributed by atoms with van der Waals surface area (Å²) < 4.78 is 5.51. The molecule has 1 aromatic carbocycles. The number of hydrogen-bond donors (Lipinski definition) is 1. The number of methoxy groups -OCH3 is 1. The minimum atomic E-state index is 0.172. The monoisotopic (exact) mass is 291 g/mol. The molecule has 1 rings (SSSR count). The quantitative estimate of drug-likeness (QED) is 0.751. The summed E-state index contributed by atoms with van der Waals surface area (Å²) in [7, 11) is 1.76. The molecule has 1 N–H and O–H groups in total. The minimum absolute atomic E-state index is 0.172. The van der Waals surface area contributed by atoms with Gasteiger partial charge < -0.3 is 10.1 Å². The molecule has 2 heteroatoms. The molecule has 0 aliphatic heterocycles. The average molecular weight is 291 g/mol. The van der Waals surface area contributed by atoms with Crippen LogP contribution in [0.15, 0.2) is 24.3 Å². The van der Waals surface area contributed by atoms with E-state index in [1.165, 1.54) is 18.4 Å². The van der Waals surface area contributed by atoms with Gasteiger partial charge in [-0.25, -0.2) is 0 Å². The van der Waals surface area contributed by atoms with Gasteiger partial charge in [-0.15, -0.1) is 0 Å². The van der Waals surface area contributed by atoms with Crippen molar-refractivity contribution >= 4 is 0 Å². The summed E-state index contributed by atoms with van der Waals surface area (Å²) in [4.78, 5) is 0. The Bertz CT molecular complexity index is 408. The summed E-state index contributed by atoms with van der Waals surface area (Å²) in [5.41, 5.74) is 1.49. The van der Waals surface area contributed by atoms with E-state index in [0.717, 1.165) is 24.6 Å². The molecular weight excluding hydrogens is 258 g/mol. The molecule has 2 nitrogen and oxygen atoms in total. The molecule has 1 aromatic rings. The highest BCUT2D eigenvalue weighted by atomic mass is 16.5. The maximum absolute atomic E-state index is 5.51. The van der Waals surface area contributed by atoms with Crippen LogP contribution in [0.25, 0.3) is 0 Å². The van der Waals surface area contributed by atoms with E-state index in [1.807, 2.05) is 6.07 Å². The lowest BCUT2D eigenvalue weighted by Gasteiger charge is -2.29. The molecule has 0 aliphatic carbocycles. The van der Waals surface area contributed by atoms with E-state index in [4.69, 9.17) is 4.74 Å². The van der Waals surface area contributed by atoms with Crippen LogP contribution in [0.1, 0.15) is 53.0 Å². The lowest BCUT2D eigenvalue weighted by molar-refractivity contribution is 0.282. The van der Waals surface area contributed by atoms with E-state index >= 15 is 0 Å². The fourth-order valence-corrected chi connectivity index (χ4v) is 2.76. The molecule has 0 spiro atoms. The Balaban J connectivity index is 2.80. The smallest absolute Gasteiger partial charge is 0.122 e. The van der Waals surface area contributed by atoms with Gasteiger partial charge in [0, 0.05) is 5.54 Å². The molecule has 2 atom stereocenters. The van der Waals surface area contributed by atoms with E-state index in [0.29, 0.717) is 5.92 Å². The molecule has 0 aliphatic rings. The predicted octanol–water partition coefficient (Wildman–Crippen LogP) is 4.68. The zero-order valence-corrected chi connectivity index (χ0v) is 14.7. The van der Waals surface area contributed by atoms with Gasteiger partial charge in [0.05, 0.1) is 7.11 Å². The van der Waals surface area contributed by atoms with Crippen LogP contribution < -0.4 is 10.1 Å². The summed E-state index contributed by atoms with van der Waals surface area (Å²) in [5.74, 6) is 2.37. The fourth-order valence-electron chi connectivity index (χ4n) is 2.76. The Morgan fingerprint density at radius 1 is 1.19 bits per heavy atom. The lowest BCUT2D eigenvalue weighted by Crippen LogP contribution is -2.41. The standard InChI is InChI=1S/C19H33NO/c1-7-10-15(2)17(14-20-19(3,4)5)13-16-11-8-9-12-18(16)21-6/h8-9,11-12,15,17,20H,7,10,13-14H2,1-6H3. The lowest BCUT2D eigenvalue weighted by atomic mass is 9.84. The van der Waals surface area contributed by atoms with Crippen molar-refractivity contribution in [3.63, 3.8) is 0 Å². The fraction of sp³-hybridized carbons (Fsp3) is 0.684. The van der Waals surface area contributed by atoms with Crippen LogP contribution >= 0.6 is 0 Å². The number of hydrogen-bond acceptors (Lipinski definition) is 2. The molecular formula is C19H33NO. The summed E-state index contributed by atoms with van der Waals surface area (Å²) in [5, 5.41) is 3.68. The van der Waals surface area contributed by atoms with Crippen molar-refractivity contribution in [2.75, 3.05) is 13.7 Å². The highest BCUT2D eigenvalue weighted by molar-refractivity contribution is 5.33. The highest BCUT2D eigenvalue weighted by Crippen LogP contribution is 2.26. The number of rotatable bonds is 8. The van der Waals surface area contributed by atoms with Crippen LogP contribution in [0.4, 0.5) is 0 Å². The van der Waals surface area contributed by atoms with Gasteiger partial charge in [0.25, 0.3) is 0 Å². The first kappa shape index (κ1) is 18.0. The van der Waals surface area contributed by atoms with E-state index in [9.17, 15) is 0 Å². The Morgan fingerprint density at radius 2 is 1.86 bits per heavy atom. The number of nitrogens with one attached hydrogen (secondary N) is 1. The SMILES string of the molecule is CCCC(C)C(CNC(C)(C)C)Cc1ccccc1OC. The van der Waals surface area contributed by atoms with Gasteiger partial charge >= 0.3 is 0 Å². The summed E-state index contributed by atoms with van der Waals surface area (Å²) in [6, 6.07) is 8.41. The highest BCUT2D eigenvalue weighted by Gasteiger charge is 2.21. The average Bonchev–Trinajstić information content (AvgIpc) is 2.43. The molecule has 0 fully saturated rings. The molecule has 0 radical (unpaired) electrons. The van der Waals surface area contributed by atoms with Crippen LogP contribution in [0.5, 0.6) is 5.75 Å². The molecule has 21 heavy (non-hydrogen) atoms.